The van der Waals surface area contributed by atoms with E-state index in [1.807, 2.05) is 6.92 Å². The summed E-state index contributed by atoms with van der Waals surface area (Å²) in [6, 6.07) is 0. The summed E-state index contributed by atoms with van der Waals surface area (Å²) in [5.41, 5.74) is -0.810. The number of nitrogens with one attached hydrogen (secondary N) is 1. The zero-order valence-corrected chi connectivity index (χ0v) is 10.2. The number of aromatic amines is 1. The number of hydrogen-bond acceptors (Lipinski definition) is 5. The van der Waals surface area contributed by atoms with Crippen molar-refractivity contribution in [3.63, 3.8) is 0 Å². The molecule has 0 amide bonds. The summed E-state index contributed by atoms with van der Waals surface area (Å²) in [6.45, 7) is 3.35. The third-order valence-electron chi connectivity index (χ3n) is 3.16. The zero-order valence-electron chi connectivity index (χ0n) is 10.2. The maximum atomic E-state index is 11.7. The van der Waals surface area contributed by atoms with Crippen molar-refractivity contribution in [1.29, 1.82) is 0 Å². The lowest BCUT2D eigenvalue weighted by Crippen LogP contribution is -2.38. The van der Waals surface area contributed by atoms with E-state index < -0.39 is 35.8 Å². The van der Waals surface area contributed by atoms with Crippen LogP contribution in [0, 0.1) is 6.92 Å². The van der Waals surface area contributed by atoms with Crippen molar-refractivity contribution >= 4 is 0 Å². The van der Waals surface area contributed by atoms with Crippen LogP contribution in [0.1, 0.15) is 25.1 Å². The number of aryl methyl sites for hydroxylation is 1. The number of aliphatic hydroxyl groups is 2. The van der Waals surface area contributed by atoms with Crippen molar-refractivity contribution in [2.24, 2.45) is 0 Å². The van der Waals surface area contributed by atoms with Gasteiger partial charge in [0.15, 0.2) is 6.23 Å². The summed E-state index contributed by atoms with van der Waals surface area (Å²) >= 11 is 0. The topological polar surface area (TPSA) is 105 Å². The predicted octanol–water partition coefficient (Wildman–Crippen LogP) is -1.13. The predicted molar refractivity (Wildman–Crippen MR) is 62.3 cm³/mol. The highest BCUT2D eigenvalue weighted by atomic mass is 16.6. The summed E-state index contributed by atoms with van der Waals surface area (Å²) < 4.78 is 6.54. The molecule has 100 valence electrons. The minimum absolute atomic E-state index is 0.333. The third kappa shape index (κ3) is 2.00. The molecule has 7 nitrogen and oxygen atoms in total. The normalized spacial score (nSPS) is 31.8. The fourth-order valence-electron chi connectivity index (χ4n) is 2.07. The van der Waals surface area contributed by atoms with Crippen molar-refractivity contribution < 1.29 is 14.9 Å². The van der Waals surface area contributed by atoms with E-state index in [1.165, 1.54) is 6.20 Å². The minimum Gasteiger partial charge on any atom is -0.388 e. The molecular weight excluding hydrogens is 240 g/mol. The fourth-order valence-corrected chi connectivity index (χ4v) is 2.07. The SMILES string of the molecule is CC[C@H]1O[C@@H](n2cc(C)c(=O)[nH]c2=O)[C@@H](O)C1O. The highest BCUT2D eigenvalue weighted by Gasteiger charge is 2.43. The van der Waals surface area contributed by atoms with Crippen LogP contribution in [0.25, 0.3) is 0 Å². The molecule has 1 fully saturated rings. The Labute approximate surface area is 103 Å². The molecule has 2 rings (SSSR count). The number of ether oxygens (including phenoxy) is 1. The molecule has 1 aromatic rings. The lowest BCUT2D eigenvalue weighted by molar-refractivity contribution is -0.0406. The van der Waals surface area contributed by atoms with E-state index in [1.54, 1.807) is 6.92 Å². The summed E-state index contributed by atoms with van der Waals surface area (Å²) in [5.74, 6) is 0. The Balaban J connectivity index is 2.42. The van der Waals surface area contributed by atoms with E-state index in [2.05, 4.69) is 4.98 Å². The van der Waals surface area contributed by atoms with Gasteiger partial charge in [0, 0.05) is 11.8 Å². The Bertz CT molecular complexity index is 549. The molecule has 0 bridgehead atoms. The molecule has 0 radical (unpaired) electrons. The summed E-state index contributed by atoms with van der Waals surface area (Å²) in [6.07, 6.45) is -1.90. The smallest absolute Gasteiger partial charge is 0.330 e. The van der Waals surface area contributed by atoms with Crippen molar-refractivity contribution in [2.45, 2.75) is 44.8 Å². The monoisotopic (exact) mass is 256 g/mol. The molecule has 7 heteroatoms. The number of hydrogen-bond donors (Lipinski definition) is 3. The van der Waals surface area contributed by atoms with E-state index >= 15 is 0 Å². The average Bonchev–Trinajstić information content (AvgIpc) is 2.61. The number of nitrogens with zero attached hydrogens (tertiary/aromatic N) is 1. The third-order valence-corrected chi connectivity index (χ3v) is 3.16. The van der Waals surface area contributed by atoms with Gasteiger partial charge in [0.1, 0.15) is 12.2 Å². The van der Waals surface area contributed by atoms with Gasteiger partial charge >= 0.3 is 5.69 Å². The fraction of sp³-hybridized carbons (Fsp3) is 0.636. The van der Waals surface area contributed by atoms with Crippen LogP contribution in [-0.2, 0) is 4.74 Å². The van der Waals surface area contributed by atoms with Gasteiger partial charge in [-0.05, 0) is 13.3 Å². The van der Waals surface area contributed by atoms with Gasteiger partial charge in [-0.15, -0.1) is 0 Å². The van der Waals surface area contributed by atoms with Gasteiger partial charge in [-0.25, -0.2) is 4.79 Å². The second-order valence-corrected chi connectivity index (χ2v) is 4.43. The van der Waals surface area contributed by atoms with Gasteiger partial charge in [0.05, 0.1) is 6.10 Å². The van der Waals surface area contributed by atoms with E-state index in [0.29, 0.717) is 12.0 Å². The second-order valence-electron chi connectivity index (χ2n) is 4.43. The van der Waals surface area contributed by atoms with Crippen LogP contribution in [-0.4, -0.2) is 38.1 Å². The number of aliphatic hydroxyl groups excluding tert-OH is 2. The summed E-state index contributed by atoms with van der Waals surface area (Å²) in [4.78, 5) is 25.0. The highest BCUT2D eigenvalue weighted by molar-refractivity contribution is 5.03. The van der Waals surface area contributed by atoms with Gasteiger partial charge in [-0.1, -0.05) is 6.92 Å². The highest BCUT2D eigenvalue weighted by Crippen LogP contribution is 2.29. The van der Waals surface area contributed by atoms with Gasteiger partial charge in [-0.2, -0.15) is 0 Å². The number of rotatable bonds is 2. The van der Waals surface area contributed by atoms with Crippen LogP contribution in [0.15, 0.2) is 15.8 Å². The molecule has 2 heterocycles. The average molecular weight is 256 g/mol. The first-order valence-electron chi connectivity index (χ1n) is 5.79. The standard InChI is InChI=1S/C11H16N2O5/c1-3-6-7(14)8(15)10(18-6)13-4-5(2)9(16)12-11(13)17/h4,6-8,10,14-15H,3H2,1-2H3,(H,12,16,17)/t6-,7?,8+,10-/m1/s1. The van der Waals surface area contributed by atoms with E-state index in [0.717, 1.165) is 4.57 Å². The Morgan fingerprint density at radius 2 is 2.06 bits per heavy atom. The molecule has 3 N–H and O–H groups in total. The van der Waals surface area contributed by atoms with Crippen molar-refractivity contribution in [3.8, 4) is 0 Å². The lowest BCUT2D eigenvalue weighted by Gasteiger charge is -2.17. The molecule has 1 unspecified atom stereocenters. The van der Waals surface area contributed by atoms with Crippen LogP contribution in [0.5, 0.6) is 0 Å². The van der Waals surface area contributed by atoms with Gasteiger partial charge in [0.2, 0.25) is 0 Å². The van der Waals surface area contributed by atoms with Crippen molar-refractivity contribution in [2.75, 3.05) is 0 Å². The first-order valence-corrected chi connectivity index (χ1v) is 5.79. The molecule has 1 aliphatic heterocycles. The Hall–Kier alpha value is -1.44. The molecule has 1 aromatic heterocycles. The van der Waals surface area contributed by atoms with Crippen molar-refractivity contribution in [3.05, 3.63) is 32.6 Å². The molecular formula is C11H16N2O5. The molecule has 0 saturated carbocycles. The molecule has 18 heavy (non-hydrogen) atoms. The molecule has 1 saturated heterocycles. The maximum Gasteiger partial charge on any atom is 0.330 e. The largest absolute Gasteiger partial charge is 0.388 e. The molecule has 0 spiro atoms. The van der Waals surface area contributed by atoms with Gasteiger partial charge in [-0.3, -0.25) is 14.3 Å². The van der Waals surface area contributed by atoms with E-state index in [4.69, 9.17) is 4.74 Å². The quantitative estimate of drug-likeness (QED) is 0.621. The van der Waals surface area contributed by atoms with Gasteiger partial charge in [0.25, 0.3) is 5.56 Å². The van der Waals surface area contributed by atoms with Crippen LogP contribution in [0.3, 0.4) is 0 Å². The zero-order chi connectivity index (χ0) is 13.4. The number of aromatic nitrogens is 2. The Morgan fingerprint density at radius 1 is 1.39 bits per heavy atom. The van der Waals surface area contributed by atoms with Crippen molar-refractivity contribution in [1.82, 2.24) is 9.55 Å². The second kappa shape index (κ2) is 4.68. The first kappa shape index (κ1) is 13.0. The summed E-state index contributed by atoms with van der Waals surface area (Å²) in [5, 5.41) is 19.6. The van der Waals surface area contributed by atoms with E-state index in [9.17, 15) is 19.8 Å². The Kier molecular flexibility index (Phi) is 3.38. The summed E-state index contributed by atoms with van der Waals surface area (Å²) in [7, 11) is 0. The van der Waals surface area contributed by atoms with Crippen LogP contribution < -0.4 is 11.2 Å². The van der Waals surface area contributed by atoms with Gasteiger partial charge < -0.3 is 14.9 Å². The molecule has 1 aliphatic rings. The van der Waals surface area contributed by atoms with Crippen LogP contribution >= 0.6 is 0 Å². The van der Waals surface area contributed by atoms with E-state index in [-0.39, 0.29) is 0 Å². The maximum absolute atomic E-state index is 11.7. The van der Waals surface area contributed by atoms with Crippen LogP contribution in [0.4, 0.5) is 0 Å². The number of H-pyrrole nitrogens is 1. The molecule has 4 atom stereocenters. The lowest BCUT2D eigenvalue weighted by atomic mass is 10.1. The molecule has 0 aliphatic carbocycles. The Morgan fingerprint density at radius 3 is 2.61 bits per heavy atom. The molecule has 0 aromatic carbocycles. The van der Waals surface area contributed by atoms with Crippen LogP contribution in [0.2, 0.25) is 0 Å². The first-order chi connectivity index (χ1) is 8.45. The minimum atomic E-state index is -1.20.